The van der Waals surface area contributed by atoms with Crippen molar-refractivity contribution in [3.05, 3.63) is 64.5 Å². The van der Waals surface area contributed by atoms with E-state index in [4.69, 9.17) is 13.9 Å². The Hall–Kier alpha value is -3.72. The number of methoxy groups -OCH3 is 2. The number of anilines is 1. The van der Waals surface area contributed by atoms with Crippen LogP contribution in [0.1, 0.15) is 10.4 Å². The summed E-state index contributed by atoms with van der Waals surface area (Å²) in [5, 5.41) is 12.1. The van der Waals surface area contributed by atoms with Crippen molar-refractivity contribution >= 4 is 33.3 Å². The lowest BCUT2D eigenvalue weighted by Crippen LogP contribution is -2.20. The molecule has 2 heterocycles. The van der Waals surface area contributed by atoms with Crippen molar-refractivity contribution in [2.75, 3.05) is 19.5 Å². The molecule has 0 saturated carbocycles. The number of hydrogen-bond donors (Lipinski definition) is 1. The molecule has 4 aromatic rings. The largest absolute Gasteiger partial charge is 0.497 e. The molecule has 1 amide bonds. The molecule has 146 valence electrons. The molecule has 4 rings (SSSR count). The molecule has 2 aromatic carbocycles. The van der Waals surface area contributed by atoms with Crippen molar-refractivity contribution in [1.29, 1.82) is 0 Å². The molecular formula is C20H15N3O5S. The second kappa shape index (κ2) is 7.72. The summed E-state index contributed by atoms with van der Waals surface area (Å²) < 4.78 is 15.8. The number of rotatable bonds is 5. The van der Waals surface area contributed by atoms with Crippen molar-refractivity contribution in [3.8, 4) is 22.1 Å². The molecule has 0 bridgehead atoms. The van der Waals surface area contributed by atoms with E-state index < -0.39 is 11.5 Å². The van der Waals surface area contributed by atoms with Crippen LogP contribution in [0.2, 0.25) is 0 Å². The highest BCUT2D eigenvalue weighted by Gasteiger charge is 2.18. The van der Waals surface area contributed by atoms with E-state index in [2.05, 4.69) is 15.5 Å². The van der Waals surface area contributed by atoms with Gasteiger partial charge in [-0.15, -0.1) is 10.2 Å². The number of amides is 1. The predicted octanol–water partition coefficient (Wildman–Crippen LogP) is 3.58. The van der Waals surface area contributed by atoms with E-state index in [1.165, 1.54) is 6.07 Å². The average molecular weight is 409 g/mol. The summed E-state index contributed by atoms with van der Waals surface area (Å²) in [5.41, 5.74) is 0.257. The fourth-order valence-electron chi connectivity index (χ4n) is 2.75. The molecule has 29 heavy (non-hydrogen) atoms. The number of hydrogen-bond acceptors (Lipinski definition) is 8. The maximum atomic E-state index is 12.6. The first-order chi connectivity index (χ1) is 14.1. The van der Waals surface area contributed by atoms with E-state index in [0.29, 0.717) is 33.0 Å². The lowest BCUT2D eigenvalue weighted by Gasteiger charge is -2.07. The minimum atomic E-state index is -0.722. The molecule has 9 heteroatoms. The van der Waals surface area contributed by atoms with E-state index in [0.717, 1.165) is 11.3 Å². The highest BCUT2D eigenvalue weighted by atomic mass is 32.1. The van der Waals surface area contributed by atoms with Crippen LogP contribution >= 0.6 is 11.3 Å². The standard InChI is InChI=1S/C20H15N3O5S/c1-26-12-7-8-16(27-2)13(10-12)18-22-23-20(29-18)21-17(24)14-9-11-5-3-4-6-15(11)28-19(14)25/h3-10H,1-2H3,(H,21,23,24). The number of ether oxygens (including phenoxy) is 2. The smallest absolute Gasteiger partial charge is 0.349 e. The number of aromatic nitrogens is 2. The van der Waals surface area contributed by atoms with Crippen LogP contribution in [0.25, 0.3) is 21.5 Å². The molecule has 0 fully saturated rings. The molecule has 0 aliphatic heterocycles. The first-order valence-corrected chi connectivity index (χ1v) is 9.31. The van der Waals surface area contributed by atoms with Crippen molar-refractivity contribution in [3.63, 3.8) is 0 Å². The fourth-order valence-corrected chi connectivity index (χ4v) is 3.51. The van der Waals surface area contributed by atoms with Crippen LogP contribution in [0.3, 0.4) is 0 Å². The minimum absolute atomic E-state index is 0.112. The van der Waals surface area contributed by atoms with Gasteiger partial charge in [-0.05, 0) is 30.3 Å². The van der Waals surface area contributed by atoms with Crippen LogP contribution in [-0.4, -0.2) is 30.3 Å². The summed E-state index contributed by atoms with van der Waals surface area (Å²) in [6.07, 6.45) is 0. The Morgan fingerprint density at radius 2 is 1.90 bits per heavy atom. The maximum Gasteiger partial charge on any atom is 0.349 e. The Bertz CT molecular complexity index is 1260. The summed E-state index contributed by atoms with van der Waals surface area (Å²) in [6, 6.07) is 13.7. The number of para-hydroxylation sites is 1. The second-order valence-corrected chi connectivity index (χ2v) is 6.90. The van der Waals surface area contributed by atoms with E-state index in [1.807, 2.05) is 0 Å². The topological polar surface area (TPSA) is 104 Å². The van der Waals surface area contributed by atoms with Crippen molar-refractivity contribution < 1.29 is 18.7 Å². The van der Waals surface area contributed by atoms with Crippen molar-refractivity contribution in [2.45, 2.75) is 0 Å². The molecule has 0 unspecified atom stereocenters. The second-order valence-electron chi connectivity index (χ2n) is 5.92. The van der Waals surface area contributed by atoms with Crippen LogP contribution < -0.4 is 20.4 Å². The number of carbonyl (C=O) groups excluding carboxylic acids is 1. The summed E-state index contributed by atoms with van der Waals surface area (Å²) in [4.78, 5) is 24.7. The van der Waals surface area contributed by atoms with Gasteiger partial charge < -0.3 is 13.9 Å². The van der Waals surface area contributed by atoms with E-state index >= 15 is 0 Å². The van der Waals surface area contributed by atoms with Crippen LogP contribution in [0.15, 0.2) is 57.7 Å². The van der Waals surface area contributed by atoms with Gasteiger partial charge in [-0.1, -0.05) is 29.5 Å². The van der Waals surface area contributed by atoms with Gasteiger partial charge >= 0.3 is 5.63 Å². The Morgan fingerprint density at radius 3 is 2.69 bits per heavy atom. The zero-order chi connectivity index (χ0) is 20.4. The van der Waals surface area contributed by atoms with Crippen LogP contribution in [-0.2, 0) is 0 Å². The van der Waals surface area contributed by atoms with E-state index in [9.17, 15) is 9.59 Å². The minimum Gasteiger partial charge on any atom is -0.497 e. The van der Waals surface area contributed by atoms with Crippen LogP contribution in [0, 0.1) is 0 Å². The number of carbonyl (C=O) groups is 1. The highest BCUT2D eigenvalue weighted by Crippen LogP contribution is 2.36. The van der Waals surface area contributed by atoms with Gasteiger partial charge in [0.1, 0.15) is 22.6 Å². The van der Waals surface area contributed by atoms with Gasteiger partial charge in [0.25, 0.3) is 5.91 Å². The third-order valence-electron chi connectivity index (χ3n) is 4.17. The Kier molecular flexibility index (Phi) is 4.96. The Morgan fingerprint density at radius 1 is 1.07 bits per heavy atom. The van der Waals surface area contributed by atoms with Gasteiger partial charge in [0.15, 0.2) is 5.01 Å². The van der Waals surface area contributed by atoms with Gasteiger partial charge in [-0.25, -0.2) is 4.79 Å². The summed E-state index contributed by atoms with van der Waals surface area (Å²) in [6.45, 7) is 0. The van der Waals surface area contributed by atoms with E-state index in [1.54, 1.807) is 56.7 Å². The quantitative estimate of drug-likeness (QED) is 0.503. The summed E-state index contributed by atoms with van der Waals surface area (Å²) in [7, 11) is 3.11. The number of benzene rings is 2. The first kappa shape index (κ1) is 18.6. The monoisotopic (exact) mass is 409 g/mol. The van der Waals surface area contributed by atoms with Gasteiger partial charge in [-0.2, -0.15) is 0 Å². The molecule has 0 aliphatic rings. The lowest BCUT2D eigenvalue weighted by molar-refractivity contribution is 0.102. The highest BCUT2D eigenvalue weighted by molar-refractivity contribution is 7.18. The number of nitrogens with one attached hydrogen (secondary N) is 1. The molecule has 2 aromatic heterocycles. The predicted molar refractivity (Wildman–Crippen MR) is 109 cm³/mol. The van der Waals surface area contributed by atoms with Crippen LogP contribution in [0.5, 0.6) is 11.5 Å². The maximum absolute atomic E-state index is 12.6. The summed E-state index contributed by atoms with van der Waals surface area (Å²) >= 11 is 1.14. The molecule has 0 aliphatic carbocycles. The first-order valence-electron chi connectivity index (χ1n) is 8.49. The van der Waals surface area contributed by atoms with Crippen molar-refractivity contribution in [1.82, 2.24) is 10.2 Å². The van der Waals surface area contributed by atoms with Crippen molar-refractivity contribution in [2.24, 2.45) is 0 Å². The Balaban J connectivity index is 1.62. The molecule has 0 radical (unpaired) electrons. The normalized spacial score (nSPS) is 10.7. The summed E-state index contributed by atoms with van der Waals surface area (Å²) in [5.74, 6) is 0.607. The average Bonchev–Trinajstić information content (AvgIpc) is 3.20. The van der Waals surface area contributed by atoms with Gasteiger partial charge in [-0.3, -0.25) is 10.1 Å². The van der Waals surface area contributed by atoms with Gasteiger partial charge in [0.2, 0.25) is 5.13 Å². The number of nitrogens with zero attached hydrogens (tertiary/aromatic N) is 2. The molecule has 0 spiro atoms. The number of fused-ring (bicyclic) bond motifs is 1. The zero-order valence-corrected chi connectivity index (χ0v) is 16.3. The van der Waals surface area contributed by atoms with E-state index in [-0.39, 0.29) is 10.7 Å². The fraction of sp³-hybridized carbons (Fsp3) is 0.100. The SMILES string of the molecule is COc1ccc(OC)c(-c2nnc(NC(=O)c3cc4ccccc4oc3=O)s2)c1. The Labute approximate surface area is 168 Å². The molecular weight excluding hydrogens is 394 g/mol. The third kappa shape index (κ3) is 3.67. The molecule has 1 N–H and O–H groups in total. The molecule has 0 atom stereocenters. The molecule has 0 saturated heterocycles. The van der Waals surface area contributed by atoms with Crippen LogP contribution in [0.4, 0.5) is 5.13 Å². The molecule has 8 nitrogen and oxygen atoms in total. The van der Waals surface area contributed by atoms with Gasteiger partial charge in [0, 0.05) is 5.39 Å². The van der Waals surface area contributed by atoms with Gasteiger partial charge in [0.05, 0.1) is 19.8 Å². The zero-order valence-electron chi connectivity index (χ0n) is 15.5. The lowest BCUT2D eigenvalue weighted by atomic mass is 10.2. The third-order valence-corrected chi connectivity index (χ3v) is 5.04.